The molecule has 0 N–H and O–H groups in total. The molecule has 0 spiro atoms. The maximum absolute atomic E-state index is 13.7. The van der Waals surface area contributed by atoms with Gasteiger partial charge in [0.2, 0.25) is 5.90 Å². The van der Waals surface area contributed by atoms with Crippen LogP contribution in [0, 0.1) is 5.82 Å². The summed E-state index contributed by atoms with van der Waals surface area (Å²) in [6.45, 7) is 4.07. The van der Waals surface area contributed by atoms with E-state index in [2.05, 4.69) is 4.99 Å². The Morgan fingerprint density at radius 2 is 1.81 bits per heavy atom. The van der Waals surface area contributed by atoms with Crippen LogP contribution in [0.1, 0.15) is 36.5 Å². The Morgan fingerprint density at radius 1 is 1.07 bits per heavy atom. The van der Waals surface area contributed by atoms with Gasteiger partial charge < -0.3 is 9.47 Å². The molecule has 0 atom stereocenters. The molecule has 3 rings (SSSR count). The van der Waals surface area contributed by atoms with Crippen LogP contribution in [0.2, 0.25) is 0 Å². The molecule has 0 fully saturated rings. The zero-order chi connectivity index (χ0) is 19.8. The molecule has 7 heteroatoms. The third kappa shape index (κ3) is 3.77. The smallest absolute Gasteiger partial charge is 0.416 e. The minimum atomic E-state index is -4.51. The van der Waals surface area contributed by atoms with Crippen LogP contribution in [0.15, 0.2) is 35.3 Å². The number of benzene rings is 2. The predicted octanol–water partition coefficient (Wildman–Crippen LogP) is 5.42. The monoisotopic (exact) mass is 381 g/mol. The lowest BCUT2D eigenvalue weighted by Gasteiger charge is -2.21. The highest BCUT2D eigenvalue weighted by atomic mass is 19.4. The Hall–Kier alpha value is -2.57. The Labute approximate surface area is 154 Å². The summed E-state index contributed by atoms with van der Waals surface area (Å²) in [5.74, 6) is -0.489. The van der Waals surface area contributed by atoms with Gasteiger partial charge in [0.05, 0.1) is 19.2 Å². The van der Waals surface area contributed by atoms with E-state index in [4.69, 9.17) is 9.47 Å². The summed E-state index contributed by atoms with van der Waals surface area (Å²) in [6, 6.07) is 6.47. The normalized spacial score (nSPS) is 14.3. The number of rotatable bonds is 4. The molecule has 1 heterocycles. The van der Waals surface area contributed by atoms with Gasteiger partial charge in [-0.05, 0) is 41.3 Å². The van der Waals surface area contributed by atoms with Gasteiger partial charge in [-0.2, -0.15) is 13.2 Å². The number of ether oxygens (including phenoxy) is 2. The lowest BCUT2D eigenvalue weighted by Crippen LogP contribution is -2.14. The summed E-state index contributed by atoms with van der Waals surface area (Å²) < 4.78 is 65.2. The number of hydrogen-bond donors (Lipinski definition) is 0. The first kappa shape index (κ1) is 19.2. The third-order valence-corrected chi connectivity index (χ3v) is 4.39. The fourth-order valence-electron chi connectivity index (χ4n) is 3.13. The van der Waals surface area contributed by atoms with E-state index < -0.39 is 17.6 Å². The molecule has 0 unspecified atom stereocenters. The topological polar surface area (TPSA) is 30.8 Å². The standard InChI is InChI=1S/C20H19F4NO2/c1-11(2)14-9-15(13-5-4-12(21)8-18(13)26-3)16(19-25-6-7-27-19)10-17(14)20(22,23)24/h4-5,8-11H,6-7H2,1-3H3. The zero-order valence-corrected chi connectivity index (χ0v) is 15.2. The molecule has 1 aliphatic rings. The van der Waals surface area contributed by atoms with Crippen LogP contribution < -0.4 is 4.74 Å². The van der Waals surface area contributed by atoms with Gasteiger partial charge in [-0.1, -0.05) is 13.8 Å². The Morgan fingerprint density at radius 3 is 2.37 bits per heavy atom. The Balaban J connectivity index is 2.34. The van der Waals surface area contributed by atoms with E-state index in [1.54, 1.807) is 13.8 Å². The molecule has 1 aliphatic heterocycles. The van der Waals surface area contributed by atoms with Crippen molar-refractivity contribution < 1.29 is 27.0 Å². The molecule has 0 aromatic heterocycles. The van der Waals surface area contributed by atoms with E-state index >= 15 is 0 Å². The SMILES string of the molecule is COc1cc(F)ccc1-c1cc(C(C)C)c(C(F)(F)F)cc1C1=NCCO1. The first-order valence-corrected chi connectivity index (χ1v) is 8.49. The Kier molecular flexibility index (Phi) is 5.13. The molecule has 0 radical (unpaired) electrons. The van der Waals surface area contributed by atoms with Gasteiger partial charge in [0.1, 0.15) is 18.2 Å². The van der Waals surface area contributed by atoms with Gasteiger partial charge in [-0.25, -0.2) is 9.38 Å². The summed E-state index contributed by atoms with van der Waals surface area (Å²) >= 11 is 0. The van der Waals surface area contributed by atoms with Crippen LogP contribution >= 0.6 is 0 Å². The third-order valence-electron chi connectivity index (χ3n) is 4.39. The second-order valence-corrected chi connectivity index (χ2v) is 6.52. The van der Waals surface area contributed by atoms with Crippen molar-refractivity contribution in [1.29, 1.82) is 0 Å². The van der Waals surface area contributed by atoms with E-state index in [0.29, 0.717) is 24.3 Å². The van der Waals surface area contributed by atoms with Crippen LogP contribution in [0.3, 0.4) is 0 Å². The van der Waals surface area contributed by atoms with Gasteiger partial charge in [-0.15, -0.1) is 0 Å². The minimum Gasteiger partial charge on any atom is -0.496 e. The lowest BCUT2D eigenvalue weighted by molar-refractivity contribution is -0.138. The zero-order valence-electron chi connectivity index (χ0n) is 15.2. The van der Waals surface area contributed by atoms with Gasteiger partial charge in [0.15, 0.2) is 0 Å². The molecule has 0 aliphatic carbocycles. The molecule has 0 saturated heterocycles. The summed E-state index contributed by atoms with van der Waals surface area (Å²) in [5, 5.41) is 0. The minimum absolute atomic E-state index is 0.145. The second kappa shape index (κ2) is 7.21. The van der Waals surface area contributed by atoms with Crippen molar-refractivity contribution in [3.05, 3.63) is 52.8 Å². The van der Waals surface area contributed by atoms with Crippen molar-refractivity contribution in [3.8, 4) is 16.9 Å². The van der Waals surface area contributed by atoms with Gasteiger partial charge in [-0.3, -0.25) is 0 Å². The van der Waals surface area contributed by atoms with Crippen LogP contribution in [0.5, 0.6) is 5.75 Å². The fourth-order valence-corrected chi connectivity index (χ4v) is 3.13. The molecule has 2 aromatic rings. The molecule has 2 aromatic carbocycles. The molecule has 3 nitrogen and oxygen atoms in total. The van der Waals surface area contributed by atoms with E-state index in [1.165, 1.54) is 31.4 Å². The van der Waals surface area contributed by atoms with E-state index in [-0.39, 0.29) is 28.7 Å². The van der Waals surface area contributed by atoms with Gasteiger partial charge in [0.25, 0.3) is 0 Å². The molecule has 0 amide bonds. The summed E-state index contributed by atoms with van der Waals surface area (Å²) in [6.07, 6.45) is -4.51. The first-order valence-electron chi connectivity index (χ1n) is 8.49. The van der Waals surface area contributed by atoms with Crippen molar-refractivity contribution in [3.63, 3.8) is 0 Å². The fraction of sp³-hybridized carbons (Fsp3) is 0.350. The highest BCUT2D eigenvalue weighted by molar-refractivity contribution is 6.02. The van der Waals surface area contributed by atoms with Crippen molar-refractivity contribution in [2.24, 2.45) is 4.99 Å². The molecule has 0 saturated carbocycles. The van der Waals surface area contributed by atoms with E-state index in [1.807, 2.05) is 0 Å². The number of aliphatic imine (C=N–C) groups is 1. The number of methoxy groups -OCH3 is 1. The number of hydrogen-bond acceptors (Lipinski definition) is 3. The highest BCUT2D eigenvalue weighted by Gasteiger charge is 2.36. The number of alkyl halides is 3. The maximum atomic E-state index is 13.7. The quantitative estimate of drug-likeness (QED) is 0.662. The molecular weight excluding hydrogens is 362 g/mol. The van der Waals surface area contributed by atoms with Crippen molar-refractivity contribution in [1.82, 2.24) is 0 Å². The molecule has 144 valence electrons. The van der Waals surface area contributed by atoms with E-state index in [9.17, 15) is 17.6 Å². The van der Waals surface area contributed by atoms with Crippen molar-refractivity contribution in [2.75, 3.05) is 20.3 Å². The summed E-state index contributed by atoms with van der Waals surface area (Å²) in [7, 11) is 1.38. The van der Waals surface area contributed by atoms with Crippen LogP contribution in [-0.2, 0) is 10.9 Å². The predicted molar refractivity (Wildman–Crippen MR) is 94.8 cm³/mol. The number of halogens is 4. The first-order chi connectivity index (χ1) is 12.7. The molecule has 0 bridgehead atoms. The number of nitrogens with zero attached hydrogens (tertiary/aromatic N) is 1. The van der Waals surface area contributed by atoms with Crippen LogP contribution in [0.4, 0.5) is 17.6 Å². The average molecular weight is 381 g/mol. The highest BCUT2D eigenvalue weighted by Crippen LogP contribution is 2.42. The summed E-state index contributed by atoms with van der Waals surface area (Å²) in [4.78, 5) is 4.18. The maximum Gasteiger partial charge on any atom is 0.416 e. The van der Waals surface area contributed by atoms with E-state index in [0.717, 1.165) is 6.07 Å². The van der Waals surface area contributed by atoms with Crippen LogP contribution in [0.25, 0.3) is 11.1 Å². The van der Waals surface area contributed by atoms with Crippen molar-refractivity contribution >= 4 is 5.90 Å². The Bertz CT molecular complexity index is 888. The molecular formula is C20H19F4NO2. The van der Waals surface area contributed by atoms with Crippen LogP contribution in [-0.4, -0.2) is 26.2 Å². The van der Waals surface area contributed by atoms with Gasteiger partial charge >= 0.3 is 6.18 Å². The average Bonchev–Trinajstić information content (AvgIpc) is 3.14. The largest absolute Gasteiger partial charge is 0.496 e. The second-order valence-electron chi connectivity index (χ2n) is 6.52. The lowest BCUT2D eigenvalue weighted by atomic mass is 9.88. The van der Waals surface area contributed by atoms with Gasteiger partial charge in [0, 0.05) is 17.2 Å². The molecule has 27 heavy (non-hydrogen) atoms. The van der Waals surface area contributed by atoms with Crippen molar-refractivity contribution in [2.45, 2.75) is 25.9 Å². The summed E-state index contributed by atoms with van der Waals surface area (Å²) in [5.41, 5.74) is 0.572.